The van der Waals surface area contributed by atoms with E-state index in [1.54, 1.807) is 0 Å². The van der Waals surface area contributed by atoms with E-state index >= 15 is 0 Å². The zero-order valence-corrected chi connectivity index (χ0v) is 15.4. The minimum absolute atomic E-state index is 0.0912. The number of phenolic OH excluding ortho intramolecular Hbond substituents is 1. The summed E-state index contributed by atoms with van der Waals surface area (Å²) in [6, 6.07) is 14.4. The molecule has 1 saturated carbocycles. The van der Waals surface area contributed by atoms with Crippen molar-refractivity contribution in [1.29, 1.82) is 0 Å². The van der Waals surface area contributed by atoms with Gasteiger partial charge in [-0.3, -0.25) is 0 Å². The van der Waals surface area contributed by atoms with Crippen LogP contribution in [-0.4, -0.2) is 16.3 Å². The van der Waals surface area contributed by atoms with E-state index in [2.05, 4.69) is 25.2 Å². The Morgan fingerprint density at radius 3 is 2.32 bits per heavy atom. The van der Waals surface area contributed by atoms with Gasteiger partial charge in [0, 0.05) is 17.6 Å². The summed E-state index contributed by atoms with van der Waals surface area (Å²) < 4.78 is 0. The number of benzene rings is 2. The maximum Gasteiger partial charge on any atom is 0.120 e. The standard InChI is InChI=1S/C22H29NO2/c1-15-13-16(2)21(20(24)14-15)17(3)23-19-9-11-22(25,12-10-19)18-7-5-4-6-8-18/h4-8,13-14,17,19,23-25H,9-12H2,1-3H3. The molecule has 3 nitrogen and oxygen atoms in total. The molecule has 2 aromatic rings. The molecule has 0 saturated heterocycles. The minimum Gasteiger partial charge on any atom is -0.508 e. The fourth-order valence-electron chi connectivity index (χ4n) is 4.26. The van der Waals surface area contributed by atoms with E-state index in [1.165, 1.54) is 0 Å². The van der Waals surface area contributed by atoms with E-state index in [1.807, 2.05) is 43.3 Å². The first-order valence-electron chi connectivity index (χ1n) is 9.23. The third-order valence-corrected chi connectivity index (χ3v) is 5.55. The van der Waals surface area contributed by atoms with Crippen molar-refractivity contribution in [3.05, 3.63) is 64.7 Å². The van der Waals surface area contributed by atoms with E-state index in [-0.39, 0.29) is 6.04 Å². The lowest BCUT2D eigenvalue weighted by Crippen LogP contribution is -2.40. The molecule has 0 aliphatic heterocycles. The van der Waals surface area contributed by atoms with E-state index in [9.17, 15) is 10.2 Å². The van der Waals surface area contributed by atoms with Crippen LogP contribution in [0.25, 0.3) is 0 Å². The van der Waals surface area contributed by atoms with Crippen LogP contribution in [-0.2, 0) is 5.60 Å². The lowest BCUT2D eigenvalue weighted by atomic mass is 9.77. The Kier molecular flexibility index (Phi) is 5.16. The highest BCUT2D eigenvalue weighted by molar-refractivity contribution is 5.44. The number of nitrogens with one attached hydrogen (secondary N) is 1. The lowest BCUT2D eigenvalue weighted by Gasteiger charge is -2.38. The molecule has 0 bridgehead atoms. The van der Waals surface area contributed by atoms with Gasteiger partial charge in [-0.05, 0) is 69.2 Å². The molecule has 0 aromatic heterocycles. The Morgan fingerprint density at radius 1 is 1.08 bits per heavy atom. The highest BCUT2D eigenvalue weighted by atomic mass is 16.3. The van der Waals surface area contributed by atoms with Crippen LogP contribution >= 0.6 is 0 Å². The maximum absolute atomic E-state index is 11.0. The second-order valence-electron chi connectivity index (χ2n) is 7.57. The smallest absolute Gasteiger partial charge is 0.120 e. The summed E-state index contributed by atoms with van der Waals surface area (Å²) in [4.78, 5) is 0. The lowest BCUT2D eigenvalue weighted by molar-refractivity contribution is -0.00925. The molecule has 1 aliphatic rings. The predicted octanol–water partition coefficient (Wildman–Crippen LogP) is 4.49. The molecule has 3 N–H and O–H groups in total. The molecule has 25 heavy (non-hydrogen) atoms. The summed E-state index contributed by atoms with van der Waals surface area (Å²) in [6.45, 7) is 6.16. The van der Waals surface area contributed by atoms with Gasteiger partial charge in [0.05, 0.1) is 5.60 Å². The number of aromatic hydroxyl groups is 1. The molecule has 1 fully saturated rings. The van der Waals surface area contributed by atoms with Crippen molar-refractivity contribution in [1.82, 2.24) is 5.32 Å². The van der Waals surface area contributed by atoms with Crippen molar-refractivity contribution in [3.63, 3.8) is 0 Å². The number of aryl methyl sites for hydroxylation is 2. The Labute approximate surface area is 150 Å². The van der Waals surface area contributed by atoms with Crippen molar-refractivity contribution in [2.24, 2.45) is 0 Å². The fraction of sp³-hybridized carbons (Fsp3) is 0.455. The summed E-state index contributed by atoms with van der Waals surface area (Å²) in [5.41, 5.74) is 3.50. The van der Waals surface area contributed by atoms with Crippen LogP contribution in [0.5, 0.6) is 5.75 Å². The average molecular weight is 339 g/mol. The number of hydrogen-bond donors (Lipinski definition) is 3. The van der Waals surface area contributed by atoms with Gasteiger partial charge in [-0.2, -0.15) is 0 Å². The second-order valence-corrected chi connectivity index (χ2v) is 7.57. The second kappa shape index (κ2) is 7.19. The number of rotatable bonds is 4. The van der Waals surface area contributed by atoms with Crippen LogP contribution in [0.2, 0.25) is 0 Å². The zero-order valence-electron chi connectivity index (χ0n) is 15.4. The Balaban J connectivity index is 1.65. The highest BCUT2D eigenvalue weighted by Crippen LogP contribution is 2.38. The van der Waals surface area contributed by atoms with Crippen LogP contribution in [0.1, 0.15) is 60.9 Å². The van der Waals surface area contributed by atoms with Gasteiger partial charge in [0.2, 0.25) is 0 Å². The van der Waals surface area contributed by atoms with Gasteiger partial charge in [0.25, 0.3) is 0 Å². The van der Waals surface area contributed by atoms with Crippen molar-refractivity contribution in [2.45, 2.75) is 64.1 Å². The molecule has 0 amide bonds. The third-order valence-electron chi connectivity index (χ3n) is 5.55. The summed E-state index contributed by atoms with van der Waals surface area (Å²) >= 11 is 0. The Hall–Kier alpha value is -1.84. The first-order valence-corrected chi connectivity index (χ1v) is 9.23. The van der Waals surface area contributed by atoms with Crippen LogP contribution in [0, 0.1) is 13.8 Å². The molecular formula is C22H29NO2. The maximum atomic E-state index is 11.0. The molecule has 3 rings (SSSR count). The average Bonchev–Trinajstić information content (AvgIpc) is 2.57. The molecule has 134 valence electrons. The predicted molar refractivity (Wildman–Crippen MR) is 102 cm³/mol. The minimum atomic E-state index is -0.704. The first kappa shape index (κ1) is 18.0. The third kappa shape index (κ3) is 3.88. The van der Waals surface area contributed by atoms with Gasteiger partial charge in [0.15, 0.2) is 0 Å². The van der Waals surface area contributed by atoms with Gasteiger partial charge in [0.1, 0.15) is 5.75 Å². The van der Waals surface area contributed by atoms with Crippen molar-refractivity contribution >= 4 is 0 Å². The molecular weight excluding hydrogens is 310 g/mol. The monoisotopic (exact) mass is 339 g/mol. The summed E-state index contributed by atoms with van der Waals surface area (Å²) in [6.07, 6.45) is 3.39. The molecule has 1 aliphatic carbocycles. The Bertz CT molecular complexity index is 695. The van der Waals surface area contributed by atoms with Gasteiger partial charge >= 0.3 is 0 Å². The number of phenols is 1. The van der Waals surface area contributed by atoms with Gasteiger partial charge < -0.3 is 15.5 Å². The number of hydrogen-bond acceptors (Lipinski definition) is 3. The SMILES string of the molecule is Cc1cc(C)c(C(C)NC2CCC(O)(c3ccccc3)CC2)c(O)c1. The summed E-state index contributed by atoms with van der Waals surface area (Å²) in [5.74, 6) is 0.370. The Morgan fingerprint density at radius 2 is 1.72 bits per heavy atom. The van der Waals surface area contributed by atoms with Crippen molar-refractivity contribution in [3.8, 4) is 5.75 Å². The fourth-order valence-corrected chi connectivity index (χ4v) is 4.26. The van der Waals surface area contributed by atoms with Crippen molar-refractivity contribution in [2.75, 3.05) is 0 Å². The van der Waals surface area contributed by atoms with Crippen LogP contribution in [0.15, 0.2) is 42.5 Å². The first-order chi connectivity index (χ1) is 11.9. The van der Waals surface area contributed by atoms with Crippen LogP contribution in [0.4, 0.5) is 0 Å². The topological polar surface area (TPSA) is 52.5 Å². The molecule has 2 aromatic carbocycles. The molecule has 1 unspecified atom stereocenters. The largest absolute Gasteiger partial charge is 0.508 e. The van der Waals surface area contributed by atoms with Crippen molar-refractivity contribution < 1.29 is 10.2 Å². The highest BCUT2D eigenvalue weighted by Gasteiger charge is 2.35. The van der Waals surface area contributed by atoms with Gasteiger partial charge in [-0.1, -0.05) is 36.4 Å². The van der Waals surface area contributed by atoms with Gasteiger partial charge in [-0.25, -0.2) is 0 Å². The normalized spacial score (nSPS) is 24.9. The molecule has 3 heteroatoms. The molecule has 0 heterocycles. The number of aliphatic hydroxyl groups is 1. The molecule has 0 spiro atoms. The zero-order chi connectivity index (χ0) is 18.0. The summed E-state index contributed by atoms with van der Waals surface area (Å²) in [5, 5.41) is 24.9. The quantitative estimate of drug-likeness (QED) is 0.769. The molecule has 0 radical (unpaired) electrons. The van der Waals surface area contributed by atoms with E-state index in [0.29, 0.717) is 11.8 Å². The van der Waals surface area contributed by atoms with E-state index < -0.39 is 5.60 Å². The molecule has 1 atom stereocenters. The van der Waals surface area contributed by atoms with Crippen LogP contribution < -0.4 is 5.32 Å². The summed E-state index contributed by atoms with van der Waals surface area (Å²) in [7, 11) is 0. The van der Waals surface area contributed by atoms with Crippen LogP contribution in [0.3, 0.4) is 0 Å². The van der Waals surface area contributed by atoms with Gasteiger partial charge in [-0.15, -0.1) is 0 Å². The van der Waals surface area contributed by atoms with E-state index in [4.69, 9.17) is 0 Å². The van der Waals surface area contributed by atoms with E-state index in [0.717, 1.165) is 47.9 Å².